The Bertz CT molecular complexity index is 1300. The largest absolute Gasteiger partial charge is 0.439 e. The molecule has 1 saturated heterocycles. The fourth-order valence-corrected chi connectivity index (χ4v) is 4.27. The molecule has 0 radical (unpaired) electrons. The minimum Gasteiger partial charge on any atom is -0.439 e. The van der Waals surface area contributed by atoms with E-state index < -0.39 is 55.6 Å². The minimum atomic E-state index is -1.47. The molecule has 0 bridgehead atoms. The molecule has 1 heterocycles. The van der Waals surface area contributed by atoms with Crippen molar-refractivity contribution in [2.45, 2.75) is 30.7 Å². The van der Waals surface area contributed by atoms with Gasteiger partial charge in [0.15, 0.2) is 24.6 Å². The number of carbonyl (C=O) groups is 3. The fourth-order valence-electron chi connectivity index (χ4n) is 4.01. The number of nitrogens with one attached hydrogen (secondary N) is 3. The van der Waals surface area contributed by atoms with Gasteiger partial charge in [-0.05, 0) is 48.5 Å². The van der Waals surface area contributed by atoms with Crippen LogP contribution in [0.5, 0.6) is 0 Å². The molecule has 0 saturated carbocycles. The number of hydrogen-bond acceptors (Lipinski definition) is 9. The van der Waals surface area contributed by atoms with Crippen LogP contribution in [0.3, 0.4) is 0 Å². The molecule has 41 heavy (non-hydrogen) atoms. The monoisotopic (exact) mass is 629 g/mol. The van der Waals surface area contributed by atoms with Crippen molar-refractivity contribution in [1.29, 1.82) is 0 Å². The number of carbonyl (C=O) groups excluding carboxylic acids is 3. The summed E-state index contributed by atoms with van der Waals surface area (Å²) in [4.78, 5) is 38.7. The van der Waals surface area contributed by atoms with Crippen LogP contribution in [0.1, 0.15) is 0 Å². The highest BCUT2D eigenvalue weighted by molar-refractivity contribution is 9.10. The van der Waals surface area contributed by atoms with Gasteiger partial charge in [-0.2, -0.15) is 0 Å². The standard InChI is InChI=1S/C28H28BrN3O9/c1-37-25-24(41-28(36)31-19-10-6-3-7-11-19)23(40-27(35)30-18-8-4-2-5-9-18)22(21(16-33)38-25)39-26(34)32-20-14-12-17(29)13-15-20/h2-15,21-25,33H,16H2,1H3,(H,30,35)(H,31,36)(H,32,34)/t21-,22-,23+,24-,25+/m1/s1. The third-order valence-corrected chi connectivity index (χ3v) is 6.39. The summed E-state index contributed by atoms with van der Waals surface area (Å²) < 4.78 is 28.8. The van der Waals surface area contributed by atoms with Gasteiger partial charge < -0.3 is 28.8 Å². The van der Waals surface area contributed by atoms with E-state index in [1.54, 1.807) is 84.9 Å². The molecule has 12 nitrogen and oxygen atoms in total. The molecule has 1 aliphatic rings. The molecule has 13 heteroatoms. The van der Waals surface area contributed by atoms with Gasteiger partial charge in [-0.1, -0.05) is 52.3 Å². The van der Waals surface area contributed by atoms with Crippen LogP contribution < -0.4 is 16.0 Å². The van der Waals surface area contributed by atoms with Gasteiger partial charge in [-0.3, -0.25) is 16.0 Å². The first-order chi connectivity index (χ1) is 19.9. The average molecular weight is 630 g/mol. The van der Waals surface area contributed by atoms with Crippen LogP contribution in [0, 0.1) is 0 Å². The number of hydrogen-bond donors (Lipinski definition) is 4. The summed E-state index contributed by atoms with van der Waals surface area (Å²) in [6, 6.07) is 23.7. The molecule has 1 fully saturated rings. The molecule has 1 aliphatic heterocycles. The van der Waals surface area contributed by atoms with E-state index in [0.29, 0.717) is 17.1 Å². The van der Waals surface area contributed by atoms with Crippen molar-refractivity contribution in [2.24, 2.45) is 0 Å². The van der Waals surface area contributed by atoms with E-state index in [1.807, 2.05) is 0 Å². The lowest BCUT2D eigenvalue weighted by Gasteiger charge is -2.43. The molecule has 216 valence electrons. The molecule has 5 atom stereocenters. The van der Waals surface area contributed by atoms with Crippen molar-refractivity contribution in [2.75, 3.05) is 29.7 Å². The molecular weight excluding hydrogens is 602 g/mol. The number of methoxy groups -OCH3 is 1. The third-order valence-electron chi connectivity index (χ3n) is 5.86. The summed E-state index contributed by atoms with van der Waals surface area (Å²) in [6.45, 7) is -0.640. The van der Waals surface area contributed by atoms with Gasteiger partial charge in [-0.25, -0.2) is 14.4 Å². The van der Waals surface area contributed by atoms with E-state index in [0.717, 1.165) is 4.47 Å². The Morgan fingerprint density at radius 2 is 1.15 bits per heavy atom. The number of aliphatic hydroxyl groups is 1. The van der Waals surface area contributed by atoms with Crippen LogP contribution in [-0.4, -0.2) is 67.8 Å². The number of rotatable bonds is 8. The Balaban J connectivity index is 1.58. The molecular formula is C28H28BrN3O9. The van der Waals surface area contributed by atoms with Crippen molar-refractivity contribution < 1.29 is 43.2 Å². The van der Waals surface area contributed by atoms with Crippen LogP contribution in [-0.2, 0) is 23.7 Å². The van der Waals surface area contributed by atoms with Crippen molar-refractivity contribution in [3.8, 4) is 0 Å². The normalized spacial score (nSPS) is 21.7. The van der Waals surface area contributed by atoms with Crippen LogP contribution >= 0.6 is 15.9 Å². The van der Waals surface area contributed by atoms with Crippen molar-refractivity contribution in [3.05, 3.63) is 89.4 Å². The zero-order valence-corrected chi connectivity index (χ0v) is 23.4. The van der Waals surface area contributed by atoms with Gasteiger partial charge >= 0.3 is 18.3 Å². The van der Waals surface area contributed by atoms with Gasteiger partial charge in [0.25, 0.3) is 0 Å². The molecule has 0 aliphatic carbocycles. The number of benzene rings is 3. The van der Waals surface area contributed by atoms with Crippen LogP contribution in [0.4, 0.5) is 31.4 Å². The summed E-state index contributed by atoms with van der Waals surface area (Å²) in [5, 5.41) is 17.8. The lowest BCUT2D eigenvalue weighted by molar-refractivity contribution is -0.290. The highest BCUT2D eigenvalue weighted by atomic mass is 79.9. The van der Waals surface area contributed by atoms with Gasteiger partial charge in [0.05, 0.1) is 6.61 Å². The average Bonchev–Trinajstić information content (AvgIpc) is 2.97. The van der Waals surface area contributed by atoms with Crippen molar-refractivity contribution in [3.63, 3.8) is 0 Å². The van der Waals surface area contributed by atoms with Gasteiger partial charge in [-0.15, -0.1) is 0 Å². The second-order valence-electron chi connectivity index (χ2n) is 8.68. The molecule has 3 aromatic rings. The molecule has 0 aromatic heterocycles. The maximum Gasteiger partial charge on any atom is 0.412 e. The Labute approximate surface area is 244 Å². The van der Waals surface area contributed by atoms with Crippen LogP contribution in [0.2, 0.25) is 0 Å². The lowest BCUT2D eigenvalue weighted by Crippen LogP contribution is -2.63. The topological polar surface area (TPSA) is 154 Å². The summed E-state index contributed by atoms with van der Waals surface area (Å²) in [7, 11) is 1.28. The molecule has 3 amide bonds. The fraction of sp³-hybridized carbons (Fsp3) is 0.250. The number of para-hydroxylation sites is 2. The third kappa shape index (κ3) is 8.41. The number of amides is 3. The Morgan fingerprint density at radius 1 is 0.707 bits per heavy atom. The number of anilines is 3. The second kappa shape index (κ2) is 14.5. The zero-order valence-electron chi connectivity index (χ0n) is 21.8. The summed E-state index contributed by atoms with van der Waals surface area (Å²) in [6.07, 6.45) is -9.58. The zero-order chi connectivity index (χ0) is 29.2. The van der Waals surface area contributed by atoms with E-state index >= 15 is 0 Å². The Kier molecular flexibility index (Phi) is 10.5. The maximum absolute atomic E-state index is 13.0. The van der Waals surface area contributed by atoms with Crippen LogP contribution in [0.15, 0.2) is 89.4 Å². The molecule has 4 rings (SSSR count). The smallest absolute Gasteiger partial charge is 0.412 e. The van der Waals surface area contributed by atoms with Gasteiger partial charge in [0.2, 0.25) is 0 Å². The number of aliphatic hydroxyl groups excluding tert-OH is 1. The predicted octanol–water partition coefficient (Wildman–Crippen LogP) is 4.96. The first-order valence-corrected chi connectivity index (χ1v) is 13.2. The summed E-state index contributed by atoms with van der Waals surface area (Å²) in [5.41, 5.74) is 1.29. The molecule has 3 aromatic carbocycles. The van der Waals surface area contributed by atoms with Gasteiger partial charge in [0.1, 0.15) is 6.10 Å². The Morgan fingerprint density at radius 3 is 1.61 bits per heavy atom. The first kappa shape index (κ1) is 29.8. The van der Waals surface area contributed by atoms with Crippen molar-refractivity contribution in [1.82, 2.24) is 0 Å². The van der Waals surface area contributed by atoms with Crippen molar-refractivity contribution >= 4 is 51.3 Å². The molecule has 0 unspecified atom stereocenters. The van der Waals surface area contributed by atoms with Crippen LogP contribution in [0.25, 0.3) is 0 Å². The van der Waals surface area contributed by atoms with E-state index in [-0.39, 0.29) is 0 Å². The summed E-state index contributed by atoms with van der Waals surface area (Å²) in [5.74, 6) is 0. The number of halogens is 1. The van der Waals surface area contributed by atoms with E-state index in [1.165, 1.54) is 7.11 Å². The van der Waals surface area contributed by atoms with Gasteiger partial charge in [0, 0.05) is 28.6 Å². The van der Waals surface area contributed by atoms with E-state index in [2.05, 4.69) is 31.9 Å². The highest BCUT2D eigenvalue weighted by Crippen LogP contribution is 2.30. The maximum atomic E-state index is 13.0. The summed E-state index contributed by atoms with van der Waals surface area (Å²) >= 11 is 3.32. The first-order valence-electron chi connectivity index (χ1n) is 12.4. The highest BCUT2D eigenvalue weighted by Gasteiger charge is 2.52. The Hall–Kier alpha value is -4.17. The van der Waals surface area contributed by atoms with E-state index in [9.17, 15) is 19.5 Å². The lowest BCUT2D eigenvalue weighted by atomic mass is 9.98. The quantitative estimate of drug-likeness (QED) is 0.253. The van der Waals surface area contributed by atoms with E-state index in [4.69, 9.17) is 23.7 Å². The molecule has 0 spiro atoms. The molecule has 4 N–H and O–H groups in total. The second-order valence-corrected chi connectivity index (χ2v) is 9.60. The predicted molar refractivity (Wildman–Crippen MR) is 151 cm³/mol. The minimum absolute atomic E-state index is 0.416. The SMILES string of the molecule is CO[C@H]1O[C@H](CO)[C@@H](OC(=O)Nc2ccc(Br)cc2)[C@H](OC(=O)Nc2ccccc2)[C@H]1OC(=O)Nc1ccccc1. The number of ether oxygens (including phenoxy) is 5.